The molecule has 2 N–H and O–H groups in total. The molecule has 0 aromatic heterocycles. The Hall–Kier alpha value is -2.56. The first-order valence-electron chi connectivity index (χ1n) is 8.80. The fourth-order valence-corrected chi connectivity index (χ4v) is 3.05. The minimum atomic E-state index is -0.427. The predicted octanol–water partition coefficient (Wildman–Crippen LogP) is 4.26. The molecule has 1 amide bonds. The number of hydrogen-bond acceptors (Lipinski definition) is 3. The van der Waals surface area contributed by atoms with Crippen LogP contribution in [-0.2, 0) is 4.79 Å². The van der Waals surface area contributed by atoms with Crippen LogP contribution in [0.3, 0.4) is 0 Å². The Morgan fingerprint density at radius 2 is 1.76 bits per heavy atom. The molecule has 1 unspecified atom stereocenters. The van der Waals surface area contributed by atoms with Crippen LogP contribution in [-0.4, -0.2) is 25.0 Å². The average Bonchev–Trinajstić information content (AvgIpc) is 2.63. The average molecular weight is 341 g/mol. The van der Waals surface area contributed by atoms with E-state index in [0.29, 0.717) is 5.69 Å². The molecular weight excluding hydrogens is 317 g/mol. The zero-order valence-corrected chi connectivity index (χ0v) is 14.5. The van der Waals surface area contributed by atoms with Crippen LogP contribution in [0.4, 0.5) is 21.5 Å². The molecule has 3 rings (SSSR count). The largest absolute Gasteiger partial charge is 0.374 e. The molecule has 0 radical (unpaired) electrons. The van der Waals surface area contributed by atoms with Crippen LogP contribution in [0.1, 0.15) is 26.2 Å². The number of carbonyl (C=O) groups excluding carboxylic acids is 1. The summed E-state index contributed by atoms with van der Waals surface area (Å²) >= 11 is 0. The molecule has 1 heterocycles. The first kappa shape index (κ1) is 17.3. The van der Waals surface area contributed by atoms with E-state index in [1.54, 1.807) is 19.1 Å². The molecule has 0 aliphatic carbocycles. The third kappa shape index (κ3) is 4.72. The van der Waals surface area contributed by atoms with Crippen LogP contribution >= 0.6 is 0 Å². The van der Waals surface area contributed by atoms with Gasteiger partial charge in [-0.3, -0.25) is 4.79 Å². The summed E-state index contributed by atoms with van der Waals surface area (Å²) in [6.07, 6.45) is 3.81. The van der Waals surface area contributed by atoms with Crippen LogP contribution < -0.4 is 15.5 Å². The number of rotatable bonds is 5. The van der Waals surface area contributed by atoms with Gasteiger partial charge in [0.1, 0.15) is 11.9 Å². The van der Waals surface area contributed by atoms with Crippen molar-refractivity contribution in [2.24, 2.45) is 0 Å². The van der Waals surface area contributed by atoms with E-state index < -0.39 is 6.04 Å². The first-order chi connectivity index (χ1) is 12.1. The van der Waals surface area contributed by atoms with Crippen LogP contribution in [0, 0.1) is 5.82 Å². The highest BCUT2D eigenvalue weighted by Crippen LogP contribution is 2.22. The van der Waals surface area contributed by atoms with Crippen molar-refractivity contribution in [3.05, 3.63) is 54.3 Å². The second-order valence-electron chi connectivity index (χ2n) is 6.46. The summed E-state index contributed by atoms with van der Waals surface area (Å²) in [5.41, 5.74) is 2.57. The Labute approximate surface area is 148 Å². The van der Waals surface area contributed by atoms with Crippen molar-refractivity contribution in [3.8, 4) is 0 Å². The lowest BCUT2D eigenvalue weighted by Crippen LogP contribution is -2.32. The highest BCUT2D eigenvalue weighted by molar-refractivity contribution is 5.96. The van der Waals surface area contributed by atoms with Crippen molar-refractivity contribution in [2.45, 2.75) is 32.2 Å². The Morgan fingerprint density at radius 1 is 1.04 bits per heavy atom. The van der Waals surface area contributed by atoms with Crippen LogP contribution in [0.25, 0.3) is 0 Å². The lowest BCUT2D eigenvalue weighted by atomic mass is 10.1. The molecule has 0 bridgehead atoms. The minimum Gasteiger partial charge on any atom is -0.374 e. The Bertz CT molecular complexity index is 711. The summed E-state index contributed by atoms with van der Waals surface area (Å²) in [6.45, 7) is 4.01. The SMILES string of the molecule is CC(Nc1ccc(N2CCCCC2)cc1)C(=O)Nc1cccc(F)c1. The molecule has 1 saturated heterocycles. The number of hydrogen-bond donors (Lipinski definition) is 2. The van der Waals surface area contributed by atoms with Crippen LogP contribution in [0.15, 0.2) is 48.5 Å². The van der Waals surface area contributed by atoms with Gasteiger partial charge in [0.25, 0.3) is 0 Å². The third-order valence-corrected chi connectivity index (χ3v) is 4.46. The van der Waals surface area contributed by atoms with E-state index in [2.05, 4.69) is 27.7 Å². The van der Waals surface area contributed by atoms with Crippen molar-refractivity contribution in [1.82, 2.24) is 0 Å². The summed E-state index contributed by atoms with van der Waals surface area (Å²) in [4.78, 5) is 14.6. The van der Waals surface area contributed by atoms with Crippen LogP contribution in [0.2, 0.25) is 0 Å². The van der Waals surface area contributed by atoms with Gasteiger partial charge in [0.05, 0.1) is 0 Å². The monoisotopic (exact) mass is 341 g/mol. The van der Waals surface area contributed by atoms with E-state index in [0.717, 1.165) is 18.8 Å². The molecule has 1 atom stereocenters. The number of nitrogens with one attached hydrogen (secondary N) is 2. The first-order valence-corrected chi connectivity index (χ1v) is 8.80. The van der Waals surface area contributed by atoms with E-state index in [-0.39, 0.29) is 11.7 Å². The van der Waals surface area contributed by atoms with Gasteiger partial charge in [-0.1, -0.05) is 6.07 Å². The predicted molar refractivity (Wildman–Crippen MR) is 101 cm³/mol. The molecule has 4 nitrogen and oxygen atoms in total. The zero-order chi connectivity index (χ0) is 17.6. The lowest BCUT2D eigenvalue weighted by molar-refractivity contribution is -0.116. The smallest absolute Gasteiger partial charge is 0.246 e. The highest BCUT2D eigenvalue weighted by atomic mass is 19.1. The minimum absolute atomic E-state index is 0.203. The van der Waals surface area contributed by atoms with Gasteiger partial charge in [-0.05, 0) is 68.7 Å². The van der Waals surface area contributed by atoms with Crippen LogP contribution in [0.5, 0.6) is 0 Å². The Balaban J connectivity index is 1.56. The normalized spacial score (nSPS) is 15.5. The third-order valence-electron chi connectivity index (χ3n) is 4.46. The molecule has 1 aliphatic heterocycles. The van der Waals surface area contributed by atoms with Gasteiger partial charge in [-0.25, -0.2) is 4.39 Å². The molecule has 1 aliphatic rings. The summed E-state index contributed by atoms with van der Waals surface area (Å²) < 4.78 is 13.2. The zero-order valence-electron chi connectivity index (χ0n) is 14.5. The Morgan fingerprint density at radius 3 is 2.44 bits per heavy atom. The number of benzene rings is 2. The summed E-state index contributed by atoms with van der Waals surface area (Å²) in [7, 11) is 0. The van der Waals surface area contributed by atoms with E-state index in [1.807, 2.05) is 12.1 Å². The quantitative estimate of drug-likeness (QED) is 0.854. The van der Waals surface area contributed by atoms with E-state index in [9.17, 15) is 9.18 Å². The van der Waals surface area contributed by atoms with Gasteiger partial charge in [0.15, 0.2) is 0 Å². The van der Waals surface area contributed by atoms with Gasteiger partial charge in [0, 0.05) is 30.2 Å². The van der Waals surface area contributed by atoms with E-state index >= 15 is 0 Å². The molecule has 1 fully saturated rings. The van der Waals surface area contributed by atoms with Gasteiger partial charge in [-0.15, -0.1) is 0 Å². The maximum Gasteiger partial charge on any atom is 0.246 e. The van der Waals surface area contributed by atoms with Crippen molar-refractivity contribution < 1.29 is 9.18 Å². The van der Waals surface area contributed by atoms with Crippen molar-refractivity contribution >= 4 is 23.0 Å². The molecular formula is C20H24FN3O. The topological polar surface area (TPSA) is 44.4 Å². The summed E-state index contributed by atoms with van der Waals surface area (Å²) in [6, 6.07) is 13.6. The molecule has 5 heteroatoms. The van der Waals surface area contributed by atoms with Crippen molar-refractivity contribution in [1.29, 1.82) is 0 Å². The maximum absolute atomic E-state index is 13.2. The van der Waals surface area contributed by atoms with Crippen molar-refractivity contribution in [2.75, 3.05) is 28.6 Å². The molecule has 0 spiro atoms. The van der Waals surface area contributed by atoms with Gasteiger partial charge < -0.3 is 15.5 Å². The molecule has 2 aromatic carbocycles. The lowest BCUT2D eigenvalue weighted by Gasteiger charge is -2.29. The highest BCUT2D eigenvalue weighted by Gasteiger charge is 2.14. The molecule has 25 heavy (non-hydrogen) atoms. The number of amides is 1. The number of piperidine rings is 1. The standard InChI is InChI=1S/C20H24FN3O/c1-15(20(25)23-18-7-5-6-16(21)14-18)22-17-8-10-19(11-9-17)24-12-3-2-4-13-24/h5-11,14-15,22H,2-4,12-13H2,1H3,(H,23,25). The second kappa shape index (κ2) is 8.01. The number of nitrogens with zero attached hydrogens (tertiary/aromatic N) is 1. The summed E-state index contributed by atoms with van der Waals surface area (Å²) in [5, 5.41) is 5.90. The number of anilines is 3. The van der Waals surface area contributed by atoms with Gasteiger partial charge in [-0.2, -0.15) is 0 Å². The van der Waals surface area contributed by atoms with Gasteiger partial charge >= 0.3 is 0 Å². The fourth-order valence-electron chi connectivity index (χ4n) is 3.05. The maximum atomic E-state index is 13.2. The van der Waals surface area contributed by atoms with Gasteiger partial charge in [0.2, 0.25) is 5.91 Å². The number of carbonyl (C=O) groups is 1. The second-order valence-corrected chi connectivity index (χ2v) is 6.46. The molecule has 0 saturated carbocycles. The fraction of sp³-hybridized carbons (Fsp3) is 0.350. The van der Waals surface area contributed by atoms with E-state index in [1.165, 1.54) is 37.1 Å². The van der Waals surface area contributed by atoms with Crippen molar-refractivity contribution in [3.63, 3.8) is 0 Å². The summed E-state index contributed by atoms with van der Waals surface area (Å²) in [5.74, 6) is -0.572. The Kier molecular flexibility index (Phi) is 5.53. The molecule has 132 valence electrons. The molecule has 2 aromatic rings. The number of halogens is 1. The van der Waals surface area contributed by atoms with E-state index in [4.69, 9.17) is 0 Å².